The molecular formula is C16H16ClN3O5S. The van der Waals surface area contributed by atoms with Crippen LogP contribution in [0, 0.1) is 0 Å². The second kappa shape index (κ2) is 8.17. The van der Waals surface area contributed by atoms with Gasteiger partial charge in [0.15, 0.2) is 0 Å². The molecule has 0 spiro atoms. The van der Waals surface area contributed by atoms with Gasteiger partial charge in [-0.25, -0.2) is 8.42 Å². The summed E-state index contributed by atoms with van der Waals surface area (Å²) in [5.41, 5.74) is 2.53. The number of ether oxygens (including phenoxy) is 1. The number of rotatable bonds is 6. The Morgan fingerprint density at radius 3 is 2.42 bits per heavy atom. The molecule has 8 nitrogen and oxygen atoms in total. The lowest BCUT2D eigenvalue weighted by Crippen LogP contribution is -2.41. The third-order valence-electron chi connectivity index (χ3n) is 3.21. The van der Waals surface area contributed by atoms with Gasteiger partial charge < -0.3 is 10.1 Å². The lowest BCUT2D eigenvalue weighted by Gasteiger charge is -2.12. The van der Waals surface area contributed by atoms with Crippen molar-refractivity contribution in [2.75, 3.05) is 12.4 Å². The highest BCUT2D eigenvalue weighted by atomic mass is 35.5. The van der Waals surface area contributed by atoms with E-state index in [9.17, 15) is 18.0 Å². The number of hydrogen-bond donors (Lipinski definition) is 3. The van der Waals surface area contributed by atoms with Crippen molar-refractivity contribution in [3.05, 3.63) is 53.1 Å². The van der Waals surface area contributed by atoms with E-state index in [1.807, 2.05) is 4.83 Å². The number of amides is 2. The smallest absolute Gasteiger partial charge is 0.267 e. The molecule has 26 heavy (non-hydrogen) atoms. The fourth-order valence-electron chi connectivity index (χ4n) is 2.02. The summed E-state index contributed by atoms with van der Waals surface area (Å²) >= 11 is 5.90. The van der Waals surface area contributed by atoms with E-state index in [1.54, 1.807) is 12.1 Å². The fraction of sp³-hybridized carbons (Fsp3) is 0.125. The Kier molecular flexibility index (Phi) is 6.19. The number of anilines is 1. The zero-order chi connectivity index (χ0) is 19.3. The molecule has 0 saturated carbocycles. The average molecular weight is 398 g/mol. The van der Waals surface area contributed by atoms with Gasteiger partial charge in [0.1, 0.15) is 5.75 Å². The van der Waals surface area contributed by atoms with Crippen molar-refractivity contribution in [1.29, 1.82) is 0 Å². The molecule has 0 atom stereocenters. The minimum Gasteiger partial charge on any atom is -0.495 e. The summed E-state index contributed by atoms with van der Waals surface area (Å²) < 4.78 is 29.8. The molecule has 0 unspecified atom stereocenters. The SMILES string of the molecule is COc1cc(S(=O)(=O)NNC(=O)c2ccccc2Cl)ccc1NC(C)=O. The first kappa shape index (κ1) is 19.7. The van der Waals surface area contributed by atoms with Crippen LogP contribution in [0.25, 0.3) is 0 Å². The molecule has 0 fully saturated rings. The molecule has 0 aliphatic heterocycles. The van der Waals surface area contributed by atoms with Crippen LogP contribution in [0.3, 0.4) is 0 Å². The van der Waals surface area contributed by atoms with Gasteiger partial charge in [0.25, 0.3) is 15.9 Å². The van der Waals surface area contributed by atoms with Gasteiger partial charge in [0.2, 0.25) is 5.91 Å². The van der Waals surface area contributed by atoms with Gasteiger partial charge in [-0.1, -0.05) is 23.7 Å². The molecule has 2 amide bonds. The van der Waals surface area contributed by atoms with Crippen molar-refractivity contribution in [1.82, 2.24) is 10.3 Å². The summed E-state index contributed by atoms with van der Waals surface area (Å²) in [7, 11) is -2.73. The normalized spacial score (nSPS) is 10.9. The quantitative estimate of drug-likeness (QED) is 0.644. The molecular weight excluding hydrogens is 382 g/mol. The summed E-state index contributed by atoms with van der Waals surface area (Å²) in [5.74, 6) is -0.884. The number of sulfonamides is 1. The van der Waals surface area contributed by atoms with E-state index in [1.165, 1.54) is 44.4 Å². The zero-order valence-electron chi connectivity index (χ0n) is 13.9. The standard InChI is InChI=1S/C16H16ClN3O5S/c1-10(21)18-14-8-7-11(9-15(14)25-2)26(23,24)20-19-16(22)12-5-3-4-6-13(12)17/h3-9,20H,1-2H3,(H,18,21)(H,19,22). The van der Waals surface area contributed by atoms with Crippen molar-refractivity contribution < 1.29 is 22.7 Å². The fourth-order valence-corrected chi connectivity index (χ4v) is 3.09. The van der Waals surface area contributed by atoms with E-state index in [4.69, 9.17) is 16.3 Å². The maximum Gasteiger partial charge on any atom is 0.267 e. The van der Waals surface area contributed by atoms with E-state index >= 15 is 0 Å². The van der Waals surface area contributed by atoms with Crippen LogP contribution in [0.2, 0.25) is 5.02 Å². The lowest BCUT2D eigenvalue weighted by atomic mass is 10.2. The molecule has 0 aliphatic rings. The maximum atomic E-state index is 12.4. The summed E-state index contributed by atoms with van der Waals surface area (Å²) in [6.07, 6.45) is 0. The Hall–Kier alpha value is -2.62. The predicted molar refractivity (Wildman–Crippen MR) is 96.5 cm³/mol. The van der Waals surface area contributed by atoms with Crippen LogP contribution in [-0.2, 0) is 14.8 Å². The first-order valence-corrected chi connectivity index (χ1v) is 9.13. The molecule has 3 N–H and O–H groups in total. The van der Waals surface area contributed by atoms with Crippen molar-refractivity contribution in [3.63, 3.8) is 0 Å². The highest BCUT2D eigenvalue weighted by Gasteiger charge is 2.19. The van der Waals surface area contributed by atoms with Gasteiger partial charge >= 0.3 is 0 Å². The largest absolute Gasteiger partial charge is 0.495 e. The van der Waals surface area contributed by atoms with Crippen LogP contribution >= 0.6 is 11.6 Å². The van der Waals surface area contributed by atoms with E-state index in [0.717, 1.165) is 0 Å². The van der Waals surface area contributed by atoms with E-state index in [2.05, 4.69) is 10.7 Å². The van der Waals surface area contributed by atoms with Crippen LogP contribution in [-0.4, -0.2) is 27.3 Å². The average Bonchev–Trinajstić information content (AvgIpc) is 2.60. The second-order valence-electron chi connectivity index (χ2n) is 5.08. The molecule has 10 heteroatoms. The number of benzene rings is 2. The highest BCUT2D eigenvalue weighted by Crippen LogP contribution is 2.27. The van der Waals surface area contributed by atoms with Crippen molar-refractivity contribution >= 4 is 39.1 Å². The van der Waals surface area contributed by atoms with Crippen LogP contribution in [0.5, 0.6) is 5.75 Å². The van der Waals surface area contributed by atoms with Gasteiger partial charge in [0, 0.05) is 13.0 Å². The molecule has 138 valence electrons. The Labute approximate surface area is 155 Å². The molecule has 0 heterocycles. The van der Waals surface area contributed by atoms with Gasteiger partial charge in [-0.2, -0.15) is 0 Å². The molecule has 0 aromatic heterocycles. The lowest BCUT2D eigenvalue weighted by molar-refractivity contribution is -0.114. The summed E-state index contributed by atoms with van der Waals surface area (Å²) in [5, 5.41) is 2.70. The molecule has 0 saturated heterocycles. The second-order valence-corrected chi connectivity index (χ2v) is 7.17. The monoisotopic (exact) mass is 397 g/mol. The molecule has 2 rings (SSSR count). The Balaban J connectivity index is 2.18. The van der Waals surface area contributed by atoms with Gasteiger partial charge in [-0.05, 0) is 24.3 Å². The first-order valence-electron chi connectivity index (χ1n) is 7.27. The first-order chi connectivity index (χ1) is 12.2. The third kappa shape index (κ3) is 4.72. The number of halogens is 1. The van der Waals surface area contributed by atoms with Crippen LogP contribution in [0.15, 0.2) is 47.4 Å². The number of methoxy groups -OCH3 is 1. The van der Waals surface area contributed by atoms with Crippen molar-refractivity contribution in [3.8, 4) is 5.75 Å². The summed E-state index contributed by atoms with van der Waals surface area (Å²) in [6.45, 7) is 1.32. The number of hydrogen-bond acceptors (Lipinski definition) is 5. The van der Waals surface area contributed by atoms with E-state index < -0.39 is 15.9 Å². The number of carbonyl (C=O) groups is 2. The number of nitrogens with one attached hydrogen (secondary N) is 3. The van der Waals surface area contributed by atoms with Crippen LogP contribution in [0.4, 0.5) is 5.69 Å². The predicted octanol–water partition coefficient (Wildman–Crippen LogP) is 1.93. The van der Waals surface area contributed by atoms with Crippen molar-refractivity contribution in [2.24, 2.45) is 0 Å². The van der Waals surface area contributed by atoms with Crippen LogP contribution in [0.1, 0.15) is 17.3 Å². The number of hydrazine groups is 1. The van der Waals surface area contributed by atoms with E-state index in [0.29, 0.717) is 5.69 Å². The summed E-state index contributed by atoms with van der Waals surface area (Å²) in [4.78, 5) is 25.0. The molecule has 2 aromatic rings. The Morgan fingerprint density at radius 1 is 1.12 bits per heavy atom. The van der Waals surface area contributed by atoms with E-state index in [-0.39, 0.29) is 27.1 Å². The Morgan fingerprint density at radius 2 is 1.81 bits per heavy atom. The number of carbonyl (C=O) groups excluding carboxylic acids is 2. The maximum absolute atomic E-state index is 12.4. The van der Waals surface area contributed by atoms with Crippen LogP contribution < -0.4 is 20.3 Å². The van der Waals surface area contributed by atoms with Crippen molar-refractivity contribution in [2.45, 2.75) is 11.8 Å². The van der Waals surface area contributed by atoms with Gasteiger partial charge in [-0.3, -0.25) is 15.0 Å². The molecule has 2 aromatic carbocycles. The topological polar surface area (TPSA) is 114 Å². The minimum atomic E-state index is -4.07. The van der Waals surface area contributed by atoms with Gasteiger partial charge in [-0.15, -0.1) is 4.83 Å². The zero-order valence-corrected chi connectivity index (χ0v) is 15.4. The Bertz CT molecular complexity index is 947. The molecule has 0 bridgehead atoms. The van der Waals surface area contributed by atoms with Gasteiger partial charge in [0.05, 0.1) is 28.3 Å². The minimum absolute atomic E-state index is 0.121. The molecule has 0 radical (unpaired) electrons. The molecule has 0 aliphatic carbocycles. The summed E-state index contributed by atoms with van der Waals surface area (Å²) in [6, 6.07) is 10.1. The highest BCUT2D eigenvalue weighted by molar-refractivity contribution is 7.89. The third-order valence-corrected chi connectivity index (χ3v) is 4.79.